The van der Waals surface area contributed by atoms with Gasteiger partial charge in [0.15, 0.2) is 0 Å². The lowest BCUT2D eigenvalue weighted by molar-refractivity contribution is 0.117. The second-order valence-corrected chi connectivity index (χ2v) is 7.14. The maximum Gasteiger partial charge on any atom is 0.0236 e. The van der Waals surface area contributed by atoms with Crippen LogP contribution in [0.25, 0.3) is 0 Å². The fourth-order valence-electron chi connectivity index (χ4n) is 3.15. The maximum absolute atomic E-state index is 3.48. The van der Waals surface area contributed by atoms with Gasteiger partial charge in [-0.25, -0.2) is 0 Å². The molecular formula is C19H32N2. The zero-order chi connectivity index (χ0) is 15.2. The molecule has 2 atom stereocenters. The van der Waals surface area contributed by atoms with Crippen LogP contribution >= 0.6 is 0 Å². The zero-order valence-electron chi connectivity index (χ0n) is 14.2. The Balaban J connectivity index is 1.84. The molecular weight excluding hydrogens is 256 g/mol. The Labute approximate surface area is 130 Å². The van der Waals surface area contributed by atoms with Crippen LogP contribution in [-0.4, -0.2) is 30.1 Å². The van der Waals surface area contributed by atoms with Crippen molar-refractivity contribution in [1.82, 2.24) is 10.2 Å². The van der Waals surface area contributed by atoms with E-state index < -0.39 is 0 Å². The molecule has 2 heteroatoms. The molecule has 0 amide bonds. The molecule has 0 bridgehead atoms. The van der Waals surface area contributed by atoms with Crippen LogP contribution in [-0.2, 0) is 13.0 Å². The van der Waals surface area contributed by atoms with Crippen LogP contribution in [0.3, 0.4) is 0 Å². The summed E-state index contributed by atoms with van der Waals surface area (Å²) in [5.41, 5.74) is 2.89. The Kier molecular flexibility index (Phi) is 6.25. The van der Waals surface area contributed by atoms with Crippen molar-refractivity contribution < 1.29 is 0 Å². The van der Waals surface area contributed by atoms with Crippen molar-refractivity contribution in [2.45, 2.75) is 65.6 Å². The molecule has 1 saturated heterocycles. The third kappa shape index (κ3) is 5.44. The normalized spacial score (nSPS) is 23.7. The minimum absolute atomic E-state index is 0.576. The molecule has 21 heavy (non-hydrogen) atoms. The number of benzene rings is 1. The average Bonchev–Trinajstić information content (AvgIpc) is 2.44. The molecule has 1 aliphatic rings. The maximum atomic E-state index is 3.48. The first kappa shape index (κ1) is 16.5. The van der Waals surface area contributed by atoms with Gasteiger partial charge in [0.2, 0.25) is 0 Å². The quantitative estimate of drug-likeness (QED) is 0.855. The molecule has 1 heterocycles. The minimum Gasteiger partial charge on any atom is -0.314 e. The minimum atomic E-state index is 0.576. The summed E-state index contributed by atoms with van der Waals surface area (Å²) in [5, 5.41) is 3.48. The molecule has 0 saturated carbocycles. The van der Waals surface area contributed by atoms with Gasteiger partial charge in [0.1, 0.15) is 0 Å². The van der Waals surface area contributed by atoms with Crippen LogP contribution < -0.4 is 5.32 Å². The lowest BCUT2D eigenvalue weighted by atomic mass is 9.94. The Morgan fingerprint density at radius 1 is 1.10 bits per heavy atom. The highest BCUT2D eigenvalue weighted by Gasteiger charge is 2.22. The highest BCUT2D eigenvalue weighted by atomic mass is 15.2. The van der Waals surface area contributed by atoms with E-state index in [1.807, 2.05) is 0 Å². The van der Waals surface area contributed by atoms with Gasteiger partial charge < -0.3 is 5.32 Å². The molecule has 0 aromatic heterocycles. The van der Waals surface area contributed by atoms with Gasteiger partial charge >= 0.3 is 0 Å². The molecule has 2 nitrogen and oxygen atoms in total. The molecule has 1 aliphatic heterocycles. The van der Waals surface area contributed by atoms with Crippen LogP contribution in [0.5, 0.6) is 0 Å². The fraction of sp³-hybridized carbons (Fsp3) is 0.684. The summed E-state index contributed by atoms with van der Waals surface area (Å²) in [6.45, 7) is 12.6. The number of nitrogens with zero attached hydrogens (tertiary/aromatic N) is 1. The zero-order valence-corrected chi connectivity index (χ0v) is 14.2. The van der Waals surface area contributed by atoms with Gasteiger partial charge in [0, 0.05) is 25.2 Å². The van der Waals surface area contributed by atoms with Crippen LogP contribution in [0, 0.1) is 5.92 Å². The second-order valence-electron chi connectivity index (χ2n) is 7.14. The van der Waals surface area contributed by atoms with Crippen LogP contribution in [0.4, 0.5) is 0 Å². The highest BCUT2D eigenvalue weighted by molar-refractivity contribution is 5.23. The summed E-state index contributed by atoms with van der Waals surface area (Å²) in [6, 6.07) is 10.5. The lowest BCUT2D eigenvalue weighted by Gasteiger charge is -2.36. The highest BCUT2D eigenvalue weighted by Crippen LogP contribution is 2.23. The smallest absolute Gasteiger partial charge is 0.0236 e. The number of rotatable bonds is 6. The van der Waals surface area contributed by atoms with Crippen LogP contribution in [0.15, 0.2) is 24.3 Å². The van der Waals surface area contributed by atoms with Gasteiger partial charge in [-0.15, -0.1) is 0 Å². The number of hydrogen-bond donors (Lipinski definition) is 1. The van der Waals surface area contributed by atoms with Crippen molar-refractivity contribution in [3.8, 4) is 0 Å². The fourth-order valence-corrected chi connectivity index (χ4v) is 3.15. The van der Waals surface area contributed by atoms with E-state index in [0.29, 0.717) is 6.04 Å². The summed E-state index contributed by atoms with van der Waals surface area (Å²) in [5.74, 6) is 0.850. The topological polar surface area (TPSA) is 15.3 Å². The predicted octanol–water partition coefficient (Wildman–Crippen LogP) is 3.85. The largest absolute Gasteiger partial charge is 0.314 e. The molecule has 1 aromatic rings. The standard InChI is InChI=1S/C19H32N2/c1-15(2)20-12-11-18-7-9-19(10-8-18)14-21-13-16(3)5-6-17(21)4/h7-10,15-17,20H,5-6,11-14H2,1-4H3. The molecule has 0 spiro atoms. The van der Waals surface area contributed by atoms with E-state index in [1.165, 1.54) is 30.5 Å². The van der Waals surface area contributed by atoms with Crippen molar-refractivity contribution in [2.75, 3.05) is 13.1 Å². The van der Waals surface area contributed by atoms with Gasteiger partial charge in [-0.1, -0.05) is 45.0 Å². The van der Waals surface area contributed by atoms with E-state index in [0.717, 1.165) is 31.5 Å². The Morgan fingerprint density at radius 2 is 1.76 bits per heavy atom. The Bertz CT molecular complexity index is 410. The molecule has 0 aliphatic carbocycles. The van der Waals surface area contributed by atoms with Crippen molar-refractivity contribution in [3.05, 3.63) is 35.4 Å². The Morgan fingerprint density at radius 3 is 2.43 bits per heavy atom. The van der Waals surface area contributed by atoms with Gasteiger partial charge in [-0.05, 0) is 49.8 Å². The first-order valence-corrected chi connectivity index (χ1v) is 8.60. The molecule has 2 rings (SSSR count). The van der Waals surface area contributed by atoms with E-state index >= 15 is 0 Å². The van der Waals surface area contributed by atoms with E-state index in [9.17, 15) is 0 Å². The van der Waals surface area contributed by atoms with Crippen LogP contribution in [0.1, 0.15) is 51.7 Å². The van der Waals surface area contributed by atoms with Crippen molar-refractivity contribution in [1.29, 1.82) is 0 Å². The number of piperidine rings is 1. The van der Waals surface area contributed by atoms with E-state index in [4.69, 9.17) is 0 Å². The van der Waals surface area contributed by atoms with Crippen molar-refractivity contribution >= 4 is 0 Å². The third-order valence-electron chi connectivity index (χ3n) is 4.62. The van der Waals surface area contributed by atoms with Crippen molar-refractivity contribution in [3.63, 3.8) is 0 Å². The summed E-state index contributed by atoms with van der Waals surface area (Å²) >= 11 is 0. The van der Waals surface area contributed by atoms with Gasteiger partial charge in [0.25, 0.3) is 0 Å². The molecule has 0 radical (unpaired) electrons. The number of nitrogens with one attached hydrogen (secondary N) is 1. The molecule has 1 fully saturated rings. The molecule has 1 aromatic carbocycles. The summed E-state index contributed by atoms with van der Waals surface area (Å²) in [4.78, 5) is 2.64. The van der Waals surface area contributed by atoms with Gasteiger partial charge in [-0.2, -0.15) is 0 Å². The second kappa shape index (κ2) is 7.95. The molecule has 1 N–H and O–H groups in total. The first-order valence-electron chi connectivity index (χ1n) is 8.60. The summed E-state index contributed by atoms with van der Waals surface area (Å²) in [7, 11) is 0. The summed E-state index contributed by atoms with van der Waals surface area (Å²) in [6.07, 6.45) is 3.86. The van der Waals surface area contributed by atoms with Crippen LogP contribution in [0.2, 0.25) is 0 Å². The molecule has 2 unspecified atom stereocenters. The summed E-state index contributed by atoms with van der Waals surface area (Å²) < 4.78 is 0. The van der Waals surface area contributed by atoms with E-state index in [-0.39, 0.29) is 0 Å². The number of hydrogen-bond acceptors (Lipinski definition) is 2. The monoisotopic (exact) mass is 288 g/mol. The third-order valence-corrected chi connectivity index (χ3v) is 4.62. The average molecular weight is 288 g/mol. The van der Waals surface area contributed by atoms with Gasteiger partial charge in [-0.3, -0.25) is 4.90 Å². The first-order chi connectivity index (χ1) is 10.0. The van der Waals surface area contributed by atoms with Gasteiger partial charge in [0.05, 0.1) is 0 Å². The number of likely N-dealkylation sites (tertiary alicyclic amines) is 1. The van der Waals surface area contributed by atoms with Crippen molar-refractivity contribution in [2.24, 2.45) is 5.92 Å². The van der Waals surface area contributed by atoms with E-state index in [2.05, 4.69) is 62.2 Å². The van der Waals surface area contributed by atoms with E-state index in [1.54, 1.807) is 0 Å². The lowest BCUT2D eigenvalue weighted by Crippen LogP contribution is -2.40. The Hall–Kier alpha value is -0.860. The predicted molar refractivity (Wildman–Crippen MR) is 91.6 cm³/mol. The SMILES string of the molecule is CC1CCC(C)N(Cc2ccc(CCNC(C)C)cc2)C1. The molecule has 118 valence electrons.